The summed E-state index contributed by atoms with van der Waals surface area (Å²) in [5.74, 6) is -0.891. The third-order valence-electron chi connectivity index (χ3n) is 4.86. The number of hydrogen-bond acceptors (Lipinski definition) is 3. The minimum Gasteiger partial charge on any atom is -0.481 e. The quantitative estimate of drug-likeness (QED) is 0.535. The van der Waals surface area contributed by atoms with Crippen molar-refractivity contribution in [1.29, 1.82) is 0 Å². The molecule has 28 heavy (non-hydrogen) atoms. The number of benzene rings is 3. The number of rotatable bonds is 5. The molecule has 0 saturated carbocycles. The Morgan fingerprint density at radius 1 is 0.929 bits per heavy atom. The van der Waals surface area contributed by atoms with Crippen LogP contribution in [0, 0.1) is 0 Å². The van der Waals surface area contributed by atoms with Gasteiger partial charge in [0.05, 0.1) is 6.42 Å². The van der Waals surface area contributed by atoms with Crippen LogP contribution in [0.15, 0.2) is 66.7 Å². The molecule has 0 aliphatic heterocycles. The van der Waals surface area contributed by atoms with Gasteiger partial charge in [-0.1, -0.05) is 54.6 Å². The van der Waals surface area contributed by atoms with Crippen LogP contribution in [0.4, 0.5) is 10.5 Å². The molecule has 5 nitrogen and oxygen atoms in total. The summed E-state index contributed by atoms with van der Waals surface area (Å²) in [5, 5.41) is 11.5. The fraction of sp³-hybridized carbons (Fsp3) is 0.130. The Labute approximate surface area is 162 Å². The van der Waals surface area contributed by atoms with Gasteiger partial charge in [-0.25, -0.2) is 4.79 Å². The van der Waals surface area contributed by atoms with Crippen LogP contribution in [-0.2, 0) is 29.0 Å². The molecule has 4 rings (SSSR count). The summed E-state index contributed by atoms with van der Waals surface area (Å²) in [7, 11) is 0. The highest BCUT2D eigenvalue weighted by Crippen LogP contribution is 2.38. The Balaban J connectivity index is 1.39. The number of carboxylic acids is 1. The largest absolute Gasteiger partial charge is 0.481 e. The van der Waals surface area contributed by atoms with Gasteiger partial charge in [0.1, 0.15) is 6.61 Å². The second-order valence-electron chi connectivity index (χ2n) is 6.75. The summed E-state index contributed by atoms with van der Waals surface area (Å²) in [6.07, 6.45) is 0.253. The number of hydrogen-bond donors (Lipinski definition) is 2. The van der Waals surface area contributed by atoms with Crippen molar-refractivity contribution in [2.75, 3.05) is 5.32 Å². The first kappa shape index (κ1) is 17.8. The van der Waals surface area contributed by atoms with E-state index in [1.807, 2.05) is 24.3 Å². The number of aliphatic carboxylic acids is 1. The van der Waals surface area contributed by atoms with E-state index in [-0.39, 0.29) is 13.0 Å². The first-order valence-corrected chi connectivity index (χ1v) is 9.04. The predicted octanol–water partition coefficient (Wildman–Crippen LogP) is 4.63. The van der Waals surface area contributed by atoms with Gasteiger partial charge in [0.15, 0.2) is 0 Å². The van der Waals surface area contributed by atoms with Gasteiger partial charge in [-0.3, -0.25) is 10.1 Å². The minimum absolute atomic E-state index is 0.0494. The lowest BCUT2D eigenvalue weighted by Crippen LogP contribution is -2.14. The van der Waals surface area contributed by atoms with E-state index < -0.39 is 12.1 Å². The van der Waals surface area contributed by atoms with Gasteiger partial charge >= 0.3 is 12.1 Å². The van der Waals surface area contributed by atoms with E-state index in [1.165, 1.54) is 22.3 Å². The molecule has 2 N–H and O–H groups in total. The van der Waals surface area contributed by atoms with Gasteiger partial charge in [0.25, 0.3) is 0 Å². The molecule has 0 heterocycles. The summed E-state index contributed by atoms with van der Waals surface area (Å²) < 4.78 is 5.41. The van der Waals surface area contributed by atoms with Crippen molar-refractivity contribution >= 4 is 17.7 Å². The highest BCUT2D eigenvalue weighted by Gasteiger charge is 2.20. The fourth-order valence-electron chi connectivity index (χ4n) is 3.54. The van der Waals surface area contributed by atoms with Crippen LogP contribution < -0.4 is 5.32 Å². The molecule has 0 radical (unpaired) electrons. The van der Waals surface area contributed by atoms with E-state index in [1.54, 1.807) is 24.3 Å². The monoisotopic (exact) mass is 373 g/mol. The molecule has 0 spiro atoms. The Hall–Kier alpha value is -3.60. The lowest BCUT2D eigenvalue weighted by molar-refractivity contribution is -0.136. The van der Waals surface area contributed by atoms with Crippen molar-refractivity contribution in [3.8, 4) is 11.1 Å². The minimum atomic E-state index is -0.891. The van der Waals surface area contributed by atoms with Crippen LogP contribution in [0.3, 0.4) is 0 Å². The second kappa shape index (κ2) is 7.56. The lowest BCUT2D eigenvalue weighted by Gasteiger charge is -2.11. The molecule has 1 aliphatic rings. The van der Waals surface area contributed by atoms with Gasteiger partial charge in [0.2, 0.25) is 0 Å². The molecule has 3 aromatic carbocycles. The average molecular weight is 373 g/mol. The highest BCUT2D eigenvalue weighted by atomic mass is 16.5. The summed E-state index contributed by atoms with van der Waals surface area (Å²) >= 11 is 0. The molecule has 1 amide bonds. The van der Waals surface area contributed by atoms with Gasteiger partial charge in [-0.05, 0) is 51.9 Å². The van der Waals surface area contributed by atoms with E-state index in [4.69, 9.17) is 9.84 Å². The van der Waals surface area contributed by atoms with Crippen molar-refractivity contribution < 1.29 is 19.4 Å². The molecular weight excluding hydrogens is 354 g/mol. The number of carbonyl (C=O) groups excluding carboxylic acids is 1. The number of carbonyl (C=O) groups is 2. The molecule has 5 heteroatoms. The van der Waals surface area contributed by atoms with Crippen molar-refractivity contribution in [2.24, 2.45) is 0 Å². The van der Waals surface area contributed by atoms with Crippen LogP contribution >= 0.6 is 0 Å². The third-order valence-corrected chi connectivity index (χ3v) is 4.86. The van der Waals surface area contributed by atoms with Crippen LogP contribution in [0.5, 0.6) is 0 Å². The van der Waals surface area contributed by atoms with Crippen molar-refractivity contribution in [2.45, 2.75) is 19.4 Å². The number of anilines is 1. The highest BCUT2D eigenvalue weighted by molar-refractivity contribution is 5.85. The molecule has 0 unspecified atom stereocenters. The smallest absolute Gasteiger partial charge is 0.411 e. The van der Waals surface area contributed by atoms with E-state index in [9.17, 15) is 9.59 Å². The maximum Gasteiger partial charge on any atom is 0.411 e. The van der Waals surface area contributed by atoms with Crippen LogP contribution in [0.2, 0.25) is 0 Å². The summed E-state index contributed by atoms with van der Waals surface area (Å²) in [6, 6.07) is 21.1. The van der Waals surface area contributed by atoms with Crippen LogP contribution in [-0.4, -0.2) is 17.2 Å². The Morgan fingerprint density at radius 3 is 2.46 bits per heavy atom. The molecule has 0 bridgehead atoms. The van der Waals surface area contributed by atoms with Gasteiger partial charge < -0.3 is 9.84 Å². The molecule has 3 aromatic rings. The predicted molar refractivity (Wildman–Crippen MR) is 106 cm³/mol. The Morgan fingerprint density at radius 2 is 1.68 bits per heavy atom. The lowest BCUT2D eigenvalue weighted by atomic mass is 10.0. The van der Waals surface area contributed by atoms with Gasteiger partial charge in [-0.15, -0.1) is 0 Å². The second-order valence-corrected chi connectivity index (χ2v) is 6.75. The van der Waals surface area contributed by atoms with E-state index in [2.05, 4.69) is 23.5 Å². The van der Waals surface area contributed by atoms with E-state index >= 15 is 0 Å². The zero-order valence-corrected chi connectivity index (χ0v) is 15.1. The number of ether oxygens (including phenoxy) is 1. The number of nitrogens with one attached hydrogen (secondary N) is 1. The Bertz CT molecular complexity index is 1040. The van der Waals surface area contributed by atoms with Crippen LogP contribution in [0.1, 0.15) is 22.3 Å². The molecular formula is C23H19NO4. The van der Waals surface area contributed by atoms with Crippen molar-refractivity contribution in [1.82, 2.24) is 0 Å². The van der Waals surface area contributed by atoms with Crippen LogP contribution in [0.25, 0.3) is 11.1 Å². The zero-order chi connectivity index (χ0) is 19.5. The molecule has 0 atom stereocenters. The molecule has 0 saturated heterocycles. The first-order valence-electron chi connectivity index (χ1n) is 9.04. The molecule has 140 valence electrons. The summed E-state index contributed by atoms with van der Waals surface area (Å²) in [6.45, 7) is 0.195. The zero-order valence-electron chi connectivity index (χ0n) is 15.1. The van der Waals surface area contributed by atoms with E-state index in [0.29, 0.717) is 11.3 Å². The summed E-state index contributed by atoms with van der Waals surface area (Å²) in [5.41, 5.74) is 7.16. The van der Waals surface area contributed by atoms with E-state index in [0.717, 1.165) is 12.0 Å². The Kier molecular flexibility index (Phi) is 4.81. The SMILES string of the molecule is O=C(O)Cc1ccc(NC(=O)OCc2cccc3c2Cc2ccccc2-3)cc1. The van der Waals surface area contributed by atoms with Gasteiger partial charge in [0, 0.05) is 5.69 Å². The normalized spacial score (nSPS) is 11.4. The third kappa shape index (κ3) is 3.74. The molecule has 1 aliphatic carbocycles. The standard InChI is InChI=1S/C23H19NO4/c25-22(26)12-15-8-10-18(11-9-15)24-23(27)28-14-17-5-3-7-20-19-6-2-1-4-16(19)13-21(17)20/h1-11H,12-14H2,(H,24,27)(H,25,26). The summed E-state index contributed by atoms with van der Waals surface area (Å²) in [4.78, 5) is 22.9. The fourth-order valence-corrected chi connectivity index (χ4v) is 3.54. The average Bonchev–Trinajstić information content (AvgIpc) is 3.07. The maximum absolute atomic E-state index is 12.1. The number of carboxylic acid groups (broad SMARTS) is 1. The molecule has 0 aromatic heterocycles. The van der Waals surface area contributed by atoms with Crippen molar-refractivity contribution in [3.05, 3.63) is 89.0 Å². The maximum atomic E-state index is 12.1. The molecule has 0 fully saturated rings. The van der Waals surface area contributed by atoms with Crippen molar-refractivity contribution in [3.63, 3.8) is 0 Å². The van der Waals surface area contributed by atoms with Gasteiger partial charge in [-0.2, -0.15) is 0 Å². The number of fused-ring (bicyclic) bond motifs is 3. The number of amides is 1. The topological polar surface area (TPSA) is 75.6 Å². The first-order chi connectivity index (χ1) is 13.6.